The van der Waals surface area contributed by atoms with Gasteiger partial charge in [-0.3, -0.25) is 4.79 Å². The van der Waals surface area contributed by atoms with Crippen LogP contribution in [0.4, 0.5) is 0 Å². The smallest absolute Gasteiger partial charge is 0.335 e. The molecule has 1 aromatic heterocycles. The van der Waals surface area contributed by atoms with Crippen LogP contribution in [0.5, 0.6) is 0 Å². The number of fused-ring (bicyclic) bond motifs is 3. The van der Waals surface area contributed by atoms with E-state index in [1.165, 1.54) is 18.3 Å². The number of furan rings is 1. The van der Waals surface area contributed by atoms with Crippen LogP contribution in [0.1, 0.15) is 26.5 Å². The number of amides is 1. The van der Waals surface area contributed by atoms with Gasteiger partial charge >= 0.3 is 11.9 Å². The Kier molecular flexibility index (Phi) is 4.14. The van der Waals surface area contributed by atoms with Gasteiger partial charge in [-0.15, -0.1) is 0 Å². The first-order valence-electron chi connectivity index (χ1n) is 8.20. The molecule has 0 aliphatic rings. The molecule has 1 amide bonds. The number of carbonyl (C=O) groups excluding carboxylic acids is 1. The summed E-state index contributed by atoms with van der Waals surface area (Å²) in [6.45, 7) is 0. The summed E-state index contributed by atoms with van der Waals surface area (Å²) in [6, 6.07) is 19.5. The van der Waals surface area contributed by atoms with Crippen LogP contribution in [0, 0.1) is 0 Å². The molecule has 4 aromatic rings. The molecule has 3 aromatic carbocycles. The average molecular weight is 358 g/mol. The summed E-state index contributed by atoms with van der Waals surface area (Å²) in [5, 5.41) is 15.7. The molecule has 4 rings (SSSR count). The Hall–Kier alpha value is -3.93. The fraction of sp³-hybridized carbons (Fsp3) is 0. The second-order valence-electron chi connectivity index (χ2n) is 5.94. The molecule has 0 aliphatic heterocycles. The molecule has 0 saturated heterocycles. The Labute approximate surface area is 153 Å². The number of nitrogens with zero attached hydrogens (tertiary/aromatic N) is 1. The van der Waals surface area contributed by atoms with Gasteiger partial charge in [-0.1, -0.05) is 42.5 Å². The predicted octanol–water partition coefficient (Wildman–Crippen LogP) is 4.05. The Bertz CT molecular complexity index is 1190. The monoisotopic (exact) mass is 358 g/mol. The summed E-state index contributed by atoms with van der Waals surface area (Å²) in [5.74, 6) is -1.29. The Morgan fingerprint density at radius 3 is 2.52 bits per heavy atom. The third kappa shape index (κ3) is 3.28. The molecule has 0 unspecified atom stereocenters. The van der Waals surface area contributed by atoms with Gasteiger partial charge in [-0.05, 0) is 40.6 Å². The van der Waals surface area contributed by atoms with Crippen molar-refractivity contribution in [2.24, 2.45) is 5.10 Å². The van der Waals surface area contributed by atoms with E-state index < -0.39 is 11.9 Å². The van der Waals surface area contributed by atoms with Crippen LogP contribution in [0.25, 0.3) is 21.7 Å². The van der Waals surface area contributed by atoms with Crippen LogP contribution in [0.15, 0.2) is 76.2 Å². The summed E-state index contributed by atoms with van der Waals surface area (Å²) in [4.78, 5) is 23.1. The minimum atomic E-state index is -0.996. The Morgan fingerprint density at radius 1 is 0.963 bits per heavy atom. The van der Waals surface area contributed by atoms with E-state index >= 15 is 0 Å². The highest BCUT2D eigenvalue weighted by atomic mass is 16.4. The molecule has 0 atom stereocenters. The Balaban J connectivity index is 1.52. The number of hydrogen-bond acceptors (Lipinski definition) is 4. The number of rotatable bonds is 4. The van der Waals surface area contributed by atoms with Crippen molar-refractivity contribution < 1.29 is 19.1 Å². The maximum atomic E-state index is 12.3. The predicted molar refractivity (Wildman–Crippen MR) is 102 cm³/mol. The summed E-state index contributed by atoms with van der Waals surface area (Å²) < 4.78 is 5.63. The van der Waals surface area contributed by atoms with Gasteiger partial charge in [0.25, 0.3) is 0 Å². The number of carboxylic acids is 1. The van der Waals surface area contributed by atoms with E-state index in [1.807, 2.05) is 36.4 Å². The van der Waals surface area contributed by atoms with Gasteiger partial charge in [0.1, 0.15) is 5.58 Å². The molecule has 6 nitrogen and oxygen atoms in total. The number of aromatic carboxylic acids is 1. The lowest BCUT2D eigenvalue weighted by atomic mass is 10.1. The number of carbonyl (C=O) groups is 2. The van der Waals surface area contributed by atoms with E-state index in [1.54, 1.807) is 18.2 Å². The topological polar surface area (TPSA) is 91.9 Å². The van der Waals surface area contributed by atoms with Gasteiger partial charge in [0.05, 0.1) is 11.8 Å². The van der Waals surface area contributed by atoms with E-state index in [-0.39, 0.29) is 11.3 Å². The SMILES string of the molecule is O=C(O)c1ccc(/C=N/NC(=O)c2cc3c(ccc4ccccc43)o2)cc1. The van der Waals surface area contributed by atoms with Gasteiger partial charge < -0.3 is 9.52 Å². The molecule has 1 heterocycles. The number of carboxylic acid groups (broad SMARTS) is 1. The molecule has 132 valence electrons. The van der Waals surface area contributed by atoms with Crippen molar-refractivity contribution in [3.05, 3.63) is 83.6 Å². The summed E-state index contributed by atoms with van der Waals surface area (Å²) in [6.07, 6.45) is 1.43. The normalized spacial score (nSPS) is 11.3. The lowest BCUT2D eigenvalue weighted by Gasteiger charge is -1.97. The molecular formula is C21H14N2O4. The van der Waals surface area contributed by atoms with Crippen molar-refractivity contribution >= 4 is 39.8 Å². The van der Waals surface area contributed by atoms with Crippen molar-refractivity contribution in [2.45, 2.75) is 0 Å². The van der Waals surface area contributed by atoms with E-state index in [2.05, 4.69) is 10.5 Å². The van der Waals surface area contributed by atoms with E-state index in [9.17, 15) is 9.59 Å². The zero-order valence-electron chi connectivity index (χ0n) is 14.0. The van der Waals surface area contributed by atoms with Crippen molar-refractivity contribution in [1.82, 2.24) is 5.43 Å². The van der Waals surface area contributed by atoms with Crippen LogP contribution in [0.3, 0.4) is 0 Å². The largest absolute Gasteiger partial charge is 0.478 e. The highest BCUT2D eigenvalue weighted by molar-refractivity contribution is 6.08. The fourth-order valence-corrected chi connectivity index (χ4v) is 2.84. The molecule has 0 radical (unpaired) electrons. The summed E-state index contributed by atoms with van der Waals surface area (Å²) in [7, 11) is 0. The molecule has 6 heteroatoms. The van der Waals surface area contributed by atoms with Gasteiger partial charge in [-0.2, -0.15) is 5.10 Å². The number of hydrogen-bond donors (Lipinski definition) is 2. The Morgan fingerprint density at radius 2 is 1.74 bits per heavy atom. The molecule has 27 heavy (non-hydrogen) atoms. The van der Waals surface area contributed by atoms with E-state index in [4.69, 9.17) is 9.52 Å². The van der Waals surface area contributed by atoms with Crippen LogP contribution < -0.4 is 5.43 Å². The average Bonchev–Trinajstić information content (AvgIpc) is 3.13. The second-order valence-corrected chi connectivity index (χ2v) is 5.94. The molecule has 2 N–H and O–H groups in total. The van der Waals surface area contributed by atoms with Crippen LogP contribution in [0.2, 0.25) is 0 Å². The van der Waals surface area contributed by atoms with Crippen LogP contribution in [-0.2, 0) is 0 Å². The van der Waals surface area contributed by atoms with Crippen LogP contribution in [-0.4, -0.2) is 23.2 Å². The van der Waals surface area contributed by atoms with Crippen molar-refractivity contribution in [3.63, 3.8) is 0 Å². The van der Waals surface area contributed by atoms with Crippen LogP contribution >= 0.6 is 0 Å². The minimum absolute atomic E-state index is 0.166. The summed E-state index contributed by atoms with van der Waals surface area (Å²) in [5.41, 5.74) is 3.89. The minimum Gasteiger partial charge on any atom is -0.478 e. The van der Waals surface area contributed by atoms with Crippen molar-refractivity contribution in [1.29, 1.82) is 0 Å². The quantitative estimate of drug-likeness (QED) is 0.425. The van der Waals surface area contributed by atoms with Gasteiger partial charge in [-0.25, -0.2) is 10.2 Å². The molecule has 0 saturated carbocycles. The lowest BCUT2D eigenvalue weighted by Crippen LogP contribution is -2.16. The fourth-order valence-electron chi connectivity index (χ4n) is 2.84. The molecule has 0 fully saturated rings. The number of nitrogens with one attached hydrogen (secondary N) is 1. The highest BCUT2D eigenvalue weighted by Gasteiger charge is 2.13. The molecular weight excluding hydrogens is 344 g/mol. The van der Waals surface area contributed by atoms with Gasteiger partial charge in [0.15, 0.2) is 5.76 Å². The maximum absolute atomic E-state index is 12.3. The second kappa shape index (κ2) is 6.76. The first-order chi connectivity index (χ1) is 13.1. The van der Waals surface area contributed by atoms with E-state index in [0.29, 0.717) is 11.1 Å². The summed E-state index contributed by atoms with van der Waals surface area (Å²) >= 11 is 0. The number of benzene rings is 3. The van der Waals surface area contributed by atoms with Crippen molar-refractivity contribution in [2.75, 3.05) is 0 Å². The van der Waals surface area contributed by atoms with Gasteiger partial charge in [0.2, 0.25) is 0 Å². The molecule has 0 spiro atoms. The maximum Gasteiger partial charge on any atom is 0.335 e. The number of hydrazone groups is 1. The lowest BCUT2D eigenvalue weighted by molar-refractivity contribution is 0.0696. The standard InChI is InChI=1S/C21H14N2O4/c24-20(23-22-12-13-5-7-15(8-6-13)21(25)26)19-11-17-16-4-2-1-3-14(16)9-10-18(17)27-19/h1-12H,(H,23,24)(H,25,26)/b22-12+. The third-order valence-corrected chi connectivity index (χ3v) is 4.19. The third-order valence-electron chi connectivity index (χ3n) is 4.19. The first-order valence-corrected chi connectivity index (χ1v) is 8.20. The first kappa shape index (κ1) is 16.5. The molecule has 0 aliphatic carbocycles. The van der Waals surface area contributed by atoms with Gasteiger partial charge in [0, 0.05) is 5.39 Å². The molecule has 0 bridgehead atoms. The zero-order valence-corrected chi connectivity index (χ0v) is 14.0. The zero-order chi connectivity index (χ0) is 18.8. The highest BCUT2D eigenvalue weighted by Crippen LogP contribution is 2.28. The van der Waals surface area contributed by atoms with E-state index in [0.717, 1.165) is 16.2 Å². The van der Waals surface area contributed by atoms with Crippen molar-refractivity contribution in [3.8, 4) is 0 Å².